The second-order valence-electron chi connectivity index (χ2n) is 3.95. The van der Waals surface area contributed by atoms with Crippen LogP contribution in [0.25, 0.3) is 0 Å². The van der Waals surface area contributed by atoms with Gasteiger partial charge in [-0.15, -0.1) is 36.2 Å². The van der Waals surface area contributed by atoms with Gasteiger partial charge in [-0.3, -0.25) is 24.5 Å². The van der Waals surface area contributed by atoms with E-state index >= 15 is 0 Å². The second-order valence-corrected chi connectivity index (χ2v) is 3.95. The predicted molar refractivity (Wildman–Crippen MR) is 137 cm³/mol. The van der Waals surface area contributed by atoms with Crippen LogP contribution in [-0.2, 0) is 19.2 Å². The number of amides is 2. The molecule has 0 unspecified atom stereocenters. The molecule has 13 heteroatoms. The predicted octanol–water partition coefficient (Wildman–Crippen LogP) is 4.09. The molecule has 0 aromatic carbocycles. The molecule has 0 aliphatic rings. The molecule has 0 spiro atoms. The zero-order valence-corrected chi connectivity index (χ0v) is 21.8. The Balaban J connectivity index is -0.0000000299. The molecular weight excluding hydrogens is 492 g/mol. The molecule has 0 aliphatic heterocycles. The number of nitrogens with zero attached hydrogens (tertiary/aromatic N) is 4. The molecule has 0 atom stereocenters. The van der Waals surface area contributed by atoms with E-state index < -0.39 is 0 Å². The van der Waals surface area contributed by atoms with E-state index in [1.807, 2.05) is 19.2 Å². The van der Waals surface area contributed by atoms with Crippen molar-refractivity contribution >= 4 is 46.7 Å². The molecule has 0 radical (unpaired) electrons. The molecule has 0 saturated heterocycles. The Labute approximate surface area is 239 Å². The van der Waals surface area contributed by atoms with Crippen LogP contribution in [-0.4, -0.2) is 38.8 Å². The van der Waals surface area contributed by atoms with Crippen LogP contribution in [0.2, 0.25) is 0 Å². The number of aromatic nitrogens is 3. The van der Waals surface area contributed by atoms with Crippen molar-refractivity contribution in [2.24, 2.45) is 0 Å². The van der Waals surface area contributed by atoms with Gasteiger partial charge in [0, 0.05) is 62.4 Å². The molecule has 192 valence electrons. The van der Waals surface area contributed by atoms with Gasteiger partial charge in [0.25, 0.3) is 0 Å². The van der Waals surface area contributed by atoms with Crippen molar-refractivity contribution in [2.45, 2.75) is 55.4 Å². The number of hydrogen-bond acceptors (Lipinski definition) is 10. The van der Waals surface area contributed by atoms with Gasteiger partial charge in [0.1, 0.15) is 11.6 Å². The molecule has 0 fully saturated rings. The van der Waals surface area contributed by atoms with Crippen LogP contribution < -0.4 is 5.32 Å². The summed E-state index contributed by atoms with van der Waals surface area (Å²) in [5.74, 6) is -0.750. The van der Waals surface area contributed by atoms with E-state index in [1.165, 1.54) is 27.7 Å². The Bertz CT molecular complexity index is 502. The van der Waals surface area contributed by atoms with E-state index in [0.29, 0.717) is 0 Å². The average molecular weight is 531 g/mol. The first-order chi connectivity index (χ1) is 14.7. The molecule has 1 aromatic rings. The van der Waals surface area contributed by atoms with Crippen LogP contribution in [0, 0.1) is 61.4 Å². The summed E-state index contributed by atoms with van der Waals surface area (Å²) in [5, 5.41) is 23.4. The van der Waals surface area contributed by atoms with Crippen LogP contribution in [0.4, 0.5) is 0 Å². The van der Waals surface area contributed by atoms with Gasteiger partial charge in [0.05, 0.1) is 18.8 Å². The summed E-state index contributed by atoms with van der Waals surface area (Å²) in [7, 11) is 0. The Kier molecular flexibility index (Phi) is 122. The minimum Gasteiger partial charge on any atom is -0.300 e. The number of rotatable bonds is 3. The summed E-state index contributed by atoms with van der Waals surface area (Å²) in [6.45, 7) is 16.1. The first-order valence-electron chi connectivity index (χ1n) is 8.20. The largest absolute Gasteiger partial charge is 0.300 e. The van der Waals surface area contributed by atoms with Crippen LogP contribution in [0.5, 0.6) is 0 Å². The standard InChI is InChI=1S/C5H8O2.C4H7NO2.C4H6.C2H3N3.C2H6.C2H2.CH4.Ar.N2.H2S2/c1-4(6)3-5(2)7;1-3(6)5-4(2)7;1-3-4-2;1-2-4-5-3-1;2*1-2;;;2*1-2/h3H2,1-2H3;1-2H3,(H,5,6,7);3-4H,1-2H2;1-2H,(H,3,4,5);1-2H3;1-2H;1H4;;;1-2H. The van der Waals surface area contributed by atoms with E-state index in [4.69, 9.17) is 10.8 Å². The summed E-state index contributed by atoms with van der Waals surface area (Å²) in [6.07, 6.45) is 14.5. The second kappa shape index (κ2) is 69.9. The maximum atomic E-state index is 10.0. The number of allylic oxidation sites excluding steroid dienone is 2. The minimum atomic E-state index is -0.312. The van der Waals surface area contributed by atoms with Gasteiger partial charge in [-0.25, -0.2) is 0 Å². The van der Waals surface area contributed by atoms with Gasteiger partial charge in [-0.05, 0) is 13.8 Å². The number of nitrogens with one attached hydrogen (secondary N) is 2. The quantitative estimate of drug-likeness (QED) is 0.113. The van der Waals surface area contributed by atoms with Crippen molar-refractivity contribution in [3.63, 3.8) is 0 Å². The van der Waals surface area contributed by atoms with Gasteiger partial charge in [-0.2, -0.15) is 15.4 Å². The minimum absolute atomic E-state index is 0. The van der Waals surface area contributed by atoms with Gasteiger partial charge in [0.15, 0.2) is 0 Å². The van der Waals surface area contributed by atoms with Gasteiger partial charge in [0.2, 0.25) is 11.8 Å². The maximum absolute atomic E-state index is 10.0. The SMILES string of the molecule is C.C#C.C=CC=C.CC.CC(=O)CC(C)=O.CC(=O)NC(C)=O.N#N.SS.[Ar].c1cn[nH]n1. The molecule has 33 heavy (non-hydrogen) atoms. The zero-order valence-electron chi connectivity index (χ0n) is 19.3. The van der Waals surface area contributed by atoms with Crippen molar-refractivity contribution in [3.8, 4) is 12.8 Å². The number of H-pyrrole nitrogens is 1. The van der Waals surface area contributed by atoms with Crippen molar-refractivity contribution in [3.05, 3.63) is 37.7 Å². The summed E-state index contributed by atoms with van der Waals surface area (Å²) in [6, 6.07) is 0. The number of thiol groups is 2. The van der Waals surface area contributed by atoms with Gasteiger partial charge < -0.3 is 0 Å². The number of aromatic amines is 1. The third-order valence-corrected chi connectivity index (χ3v) is 1.35. The molecule has 1 aromatic heterocycles. The molecule has 10 nitrogen and oxygen atoms in total. The normalized spacial score (nSPS) is 5.70. The molecule has 0 bridgehead atoms. The number of imide groups is 1. The Hall–Kier alpha value is -1.96. The summed E-state index contributed by atoms with van der Waals surface area (Å²) in [4.78, 5) is 39.9. The molecular formula is C20H38ArN6O4S2. The number of hydrogen-bond donors (Lipinski definition) is 4. The van der Waals surface area contributed by atoms with E-state index in [0.717, 1.165) is 0 Å². The monoisotopic (exact) mass is 530 g/mol. The molecule has 1 rings (SSSR count). The molecule has 0 aliphatic carbocycles. The Morgan fingerprint density at radius 3 is 1.18 bits per heavy atom. The fraction of sp³-hybridized carbons (Fsp3) is 0.400. The van der Waals surface area contributed by atoms with Crippen molar-refractivity contribution in [2.75, 3.05) is 0 Å². The van der Waals surface area contributed by atoms with E-state index in [-0.39, 0.29) is 75.0 Å². The number of carbonyl (C=O) groups is 4. The fourth-order valence-electron chi connectivity index (χ4n) is 0.765. The average Bonchev–Trinajstić information content (AvgIpc) is 3.33. The smallest absolute Gasteiger partial charge is 0.223 e. The first kappa shape index (κ1) is 57.7. The molecule has 0 saturated carbocycles. The molecule has 1 heterocycles. The number of Topliss-reactive ketones (excluding diaryl/α,β-unsaturated/α-hetero) is 2. The first-order valence-corrected chi connectivity index (χ1v) is 9.80. The van der Waals surface area contributed by atoms with E-state index in [2.05, 4.69) is 64.7 Å². The Morgan fingerprint density at radius 2 is 1.15 bits per heavy atom. The van der Waals surface area contributed by atoms with Crippen LogP contribution in [0.1, 0.15) is 55.4 Å². The van der Waals surface area contributed by atoms with Crippen LogP contribution in [0.15, 0.2) is 37.7 Å². The molecule has 2 amide bonds. The number of ketones is 2. The van der Waals surface area contributed by atoms with Crippen molar-refractivity contribution in [1.29, 1.82) is 10.8 Å². The molecule has 2 N–H and O–H groups in total. The summed E-state index contributed by atoms with van der Waals surface area (Å²) < 4.78 is 0. The summed E-state index contributed by atoms with van der Waals surface area (Å²) in [5.41, 5.74) is 0. The topological polar surface area (TPSA) is 169 Å². The third kappa shape index (κ3) is 163. The maximum Gasteiger partial charge on any atom is 0.223 e. The van der Waals surface area contributed by atoms with Crippen LogP contribution in [0.3, 0.4) is 0 Å². The fourth-order valence-corrected chi connectivity index (χ4v) is 0.765. The van der Waals surface area contributed by atoms with Gasteiger partial charge >= 0.3 is 0 Å². The van der Waals surface area contributed by atoms with Crippen molar-refractivity contribution < 1.29 is 56.9 Å². The number of carbonyl (C=O) groups excluding carboxylic acids is 4. The van der Waals surface area contributed by atoms with Gasteiger partial charge in [-0.1, -0.05) is 46.6 Å². The third-order valence-electron chi connectivity index (χ3n) is 1.35. The summed E-state index contributed by atoms with van der Waals surface area (Å²) >= 11 is 6.44. The van der Waals surface area contributed by atoms with Crippen molar-refractivity contribution in [1.82, 2.24) is 20.7 Å². The Morgan fingerprint density at radius 1 is 0.909 bits per heavy atom. The van der Waals surface area contributed by atoms with Crippen LogP contribution >= 0.6 is 23.3 Å². The zero-order chi connectivity index (χ0) is 26.7. The number of terminal acetylenes is 1. The van der Waals surface area contributed by atoms with E-state index in [1.54, 1.807) is 24.5 Å². The van der Waals surface area contributed by atoms with E-state index in [9.17, 15) is 19.2 Å².